The highest BCUT2D eigenvalue weighted by Crippen LogP contribution is 2.09. The van der Waals surface area contributed by atoms with Crippen molar-refractivity contribution in [2.75, 3.05) is 20.1 Å². The van der Waals surface area contributed by atoms with E-state index in [0.717, 1.165) is 5.56 Å². The number of halogens is 3. The Kier molecular flexibility index (Phi) is 9.84. The molecule has 0 saturated heterocycles. The van der Waals surface area contributed by atoms with E-state index in [1.54, 1.807) is 39.1 Å². The van der Waals surface area contributed by atoms with Crippen molar-refractivity contribution in [2.24, 2.45) is 4.99 Å². The van der Waals surface area contributed by atoms with Crippen molar-refractivity contribution in [1.82, 2.24) is 16.0 Å². The number of aliphatic imine (C=N–C) groups is 1. The lowest BCUT2D eigenvalue weighted by atomic mass is 10.1. The van der Waals surface area contributed by atoms with Gasteiger partial charge >= 0.3 is 0 Å². The fourth-order valence-electron chi connectivity index (χ4n) is 2.35. The van der Waals surface area contributed by atoms with Gasteiger partial charge in [0.2, 0.25) is 0 Å². The molecule has 152 valence electrons. The summed E-state index contributed by atoms with van der Waals surface area (Å²) in [4.78, 5) is 16.1. The molecule has 3 N–H and O–H groups in total. The van der Waals surface area contributed by atoms with Gasteiger partial charge in [-0.3, -0.25) is 9.79 Å². The number of carbonyl (C=O) groups excluding carboxylic acids is 1. The molecule has 28 heavy (non-hydrogen) atoms. The largest absolute Gasteiger partial charge is 0.355 e. The van der Waals surface area contributed by atoms with Crippen LogP contribution >= 0.6 is 24.0 Å². The monoisotopic (exact) mass is 502 g/mol. The Morgan fingerprint density at radius 2 is 1.54 bits per heavy atom. The fraction of sp³-hybridized carbons (Fsp3) is 0.300. The Bertz CT molecular complexity index is 843. The van der Waals surface area contributed by atoms with Crippen LogP contribution in [0.3, 0.4) is 0 Å². The molecule has 0 bridgehead atoms. The minimum atomic E-state index is -0.405. The smallest absolute Gasteiger partial charge is 0.251 e. The number of carbonyl (C=O) groups is 1. The molecule has 0 aromatic heterocycles. The zero-order valence-corrected chi connectivity index (χ0v) is 18.4. The molecular formula is C20H25F2IN4O. The van der Waals surface area contributed by atoms with Crippen LogP contribution in [-0.2, 0) is 6.54 Å². The van der Waals surface area contributed by atoms with E-state index in [0.29, 0.717) is 36.7 Å². The highest BCUT2D eigenvalue weighted by Gasteiger charge is 2.07. The summed E-state index contributed by atoms with van der Waals surface area (Å²) in [5, 5.41) is 8.84. The first-order valence-corrected chi connectivity index (χ1v) is 8.64. The van der Waals surface area contributed by atoms with Crippen molar-refractivity contribution in [3.63, 3.8) is 0 Å². The normalized spacial score (nSPS) is 10.8. The predicted octanol–water partition coefficient (Wildman–Crippen LogP) is 3.29. The zero-order valence-electron chi connectivity index (χ0n) is 16.1. The fourth-order valence-corrected chi connectivity index (χ4v) is 2.35. The Labute approximate surface area is 181 Å². The van der Waals surface area contributed by atoms with Crippen molar-refractivity contribution in [1.29, 1.82) is 0 Å². The lowest BCUT2D eigenvalue weighted by Gasteiger charge is -2.13. The maximum Gasteiger partial charge on any atom is 0.251 e. The second kappa shape index (κ2) is 11.6. The lowest BCUT2D eigenvalue weighted by molar-refractivity contribution is 0.0954. The van der Waals surface area contributed by atoms with Crippen LogP contribution in [0.2, 0.25) is 0 Å². The molecule has 0 spiro atoms. The van der Waals surface area contributed by atoms with E-state index in [4.69, 9.17) is 0 Å². The average Bonchev–Trinajstić information content (AvgIpc) is 2.65. The van der Waals surface area contributed by atoms with Gasteiger partial charge in [0.15, 0.2) is 5.96 Å². The number of benzene rings is 2. The van der Waals surface area contributed by atoms with Crippen LogP contribution in [0.15, 0.2) is 41.4 Å². The third kappa shape index (κ3) is 7.06. The van der Waals surface area contributed by atoms with Crippen molar-refractivity contribution in [3.8, 4) is 0 Å². The maximum absolute atomic E-state index is 13.6. The van der Waals surface area contributed by atoms with E-state index in [2.05, 4.69) is 20.9 Å². The standard InChI is InChI=1S/C20H24F2N4O.HI/c1-13-4-6-15(10-17(13)21)12-26-20(23-3)25-9-8-24-19(27)16-7-5-14(2)18(22)11-16;/h4-7,10-11H,8-9,12H2,1-3H3,(H,24,27)(H2,23,25,26);1H. The summed E-state index contributed by atoms with van der Waals surface area (Å²) in [5.41, 5.74) is 2.18. The summed E-state index contributed by atoms with van der Waals surface area (Å²) in [6, 6.07) is 9.44. The molecule has 0 aliphatic heterocycles. The first kappa shape index (κ1) is 23.8. The molecule has 0 atom stereocenters. The number of amides is 1. The van der Waals surface area contributed by atoms with Gasteiger partial charge in [0, 0.05) is 32.2 Å². The minimum absolute atomic E-state index is 0. The number of rotatable bonds is 6. The highest BCUT2D eigenvalue weighted by atomic mass is 127. The Hall–Kier alpha value is -2.23. The Balaban J connectivity index is 0.00000392. The summed E-state index contributed by atoms with van der Waals surface area (Å²) < 4.78 is 27.1. The van der Waals surface area contributed by atoms with Crippen LogP contribution in [0.25, 0.3) is 0 Å². The molecule has 0 unspecified atom stereocenters. The van der Waals surface area contributed by atoms with E-state index in [9.17, 15) is 13.6 Å². The van der Waals surface area contributed by atoms with Gasteiger partial charge in [-0.15, -0.1) is 24.0 Å². The number of hydrogen-bond donors (Lipinski definition) is 3. The molecule has 0 aliphatic rings. The first-order valence-electron chi connectivity index (χ1n) is 8.64. The molecule has 2 aromatic rings. The third-order valence-corrected chi connectivity index (χ3v) is 4.06. The second-order valence-electron chi connectivity index (χ2n) is 6.16. The van der Waals surface area contributed by atoms with Crippen LogP contribution in [0.5, 0.6) is 0 Å². The van der Waals surface area contributed by atoms with E-state index < -0.39 is 5.82 Å². The number of nitrogens with one attached hydrogen (secondary N) is 3. The number of guanidine groups is 1. The number of aryl methyl sites for hydroxylation is 2. The number of hydrogen-bond acceptors (Lipinski definition) is 2. The van der Waals surface area contributed by atoms with Crippen LogP contribution in [0.1, 0.15) is 27.0 Å². The SMILES string of the molecule is CN=C(NCCNC(=O)c1ccc(C)c(F)c1)NCc1ccc(C)c(F)c1.I. The molecule has 2 rings (SSSR count). The van der Waals surface area contributed by atoms with Crippen LogP contribution in [0.4, 0.5) is 8.78 Å². The molecule has 1 amide bonds. The summed E-state index contributed by atoms with van der Waals surface area (Å²) >= 11 is 0. The molecule has 0 saturated carbocycles. The van der Waals surface area contributed by atoms with E-state index >= 15 is 0 Å². The van der Waals surface area contributed by atoms with Crippen molar-refractivity contribution in [2.45, 2.75) is 20.4 Å². The molecule has 0 heterocycles. The molecule has 2 aromatic carbocycles. The topological polar surface area (TPSA) is 65.5 Å². The highest BCUT2D eigenvalue weighted by molar-refractivity contribution is 14.0. The summed E-state index contributed by atoms with van der Waals surface area (Å²) in [6.07, 6.45) is 0. The van der Waals surface area contributed by atoms with Gasteiger partial charge < -0.3 is 16.0 Å². The van der Waals surface area contributed by atoms with Crippen molar-refractivity contribution in [3.05, 3.63) is 70.3 Å². The van der Waals surface area contributed by atoms with E-state index in [1.165, 1.54) is 12.1 Å². The minimum Gasteiger partial charge on any atom is -0.355 e. The summed E-state index contributed by atoms with van der Waals surface area (Å²) in [7, 11) is 1.62. The molecule has 0 aliphatic carbocycles. The summed E-state index contributed by atoms with van der Waals surface area (Å²) in [5.74, 6) is -0.453. The number of nitrogens with zero attached hydrogens (tertiary/aromatic N) is 1. The maximum atomic E-state index is 13.6. The van der Waals surface area contributed by atoms with Gasteiger partial charge in [-0.2, -0.15) is 0 Å². The Morgan fingerprint density at radius 3 is 2.14 bits per heavy atom. The van der Waals surface area contributed by atoms with Crippen LogP contribution in [-0.4, -0.2) is 32.0 Å². The molecule has 8 heteroatoms. The Morgan fingerprint density at radius 1 is 0.929 bits per heavy atom. The molecular weight excluding hydrogens is 477 g/mol. The van der Waals surface area contributed by atoms with Crippen molar-refractivity contribution >= 4 is 35.8 Å². The third-order valence-electron chi connectivity index (χ3n) is 4.06. The average molecular weight is 502 g/mol. The zero-order chi connectivity index (χ0) is 19.8. The van der Waals surface area contributed by atoms with Crippen LogP contribution in [0, 0.1) is 25.5 Å². The van der Waals surface area contributed by atoms with E-state index in [-0.39, 0.29) is 41.3 Å². The van der Waals surface area contributed by atoms with Crippen molar-refractivity contribution < 1.29 is 13.6 Å². The van der Waals surface area contributed by atoms with Gasteiger partial charge in [0.25, 0.3) is 5.91 Å². The predicted molar refractivity (Wildman–Crippen MR) is 118 cm³/mol. The van der Waals surface area contributed by atoms with Gasteiger partial charge in [-0.05, 0) is 48.7 Å². The van der Waals surface area contributed by atoms with E-state index in [1.807, 2.05) is 6.07 Å². The van der Waals surface area contributed by atoms with Gasteiger partial charge in [0.1, 0.15) is 11.6 Å². The lowest BCUT2D eigenvalue weighted by Crippen LogP contribution is -2.41. The van der Waals surface area contributed by atoms with Crippen LogP contribution < -0.4 is 16.0 Å². The quantitative estimate of drug-likeness (QED) is 0.246. The van der Waals surface area contributed by atoms with Gasteiger partial charge in [-0.25, -0.2) is 8.78 Å². The molecule has 5 nitrogen and oxygen atoms in total. The second-order valence-corrected chi connectivity index (χ2v) is 6.16. The molecule has 0 radical (unpaired) electrons. The van der Waals surface area contributed by atoms with Gasteiger partial charge in [0.05, 0.1) is 0 Å². The molecule has 0 fully saturated rings. The van der Waals surface area contributed by atoms with Gasteiger partial charge in [-0.1, -0.05) is 18.2 Å². The summed E-state index contributed by atoms with van der Waals surface area (Å²) in [6.45, 7) is 4.55. The first-order chi connectivity index (χ1) is 12.9.